The van der Waals surface area contributed by atoms with Gasteiger partial charge in [0.15, 0.2) is 0 Å². The Labute approximate surface area is 117 Å². The van der Waals surface area contributed by atoms with Crippen LogP contribution in [0.2, 0.25) is 0 Å². The van der Waals surface area contributed by atoms with Gasteiger partial charge >= 0.3 is 5.97 Å². The van der Waals surface area contributed by atoms with Crippen LogP contribution in [-0.4, -0.2) is 22.5 Å². The third kappa shape index (κ3) is 3.35. The average Bonchev–Trinajstić information content (AvgIpc) is 2.74. The third-order valence-corrected chi connectivity index (χ3v) is 3.73. The predicted molar refractivity (Wildman–Crippen MR) is 72.1 cm³/mol. The molecule has 1 aliphatic rings. The lowest BCUT2D eigenvalue weighted by molar-refractivity contribution is -0.138. The van der Waals surface area contributed by atoms with Gasteiger partial charge in [-0.05, 0) is 43.5 Å². The number of amides is 1. The average molecular weight is 279 g/mol. The quantitative estimate of drug-likeness (QED) is 0.890. The molecule has 4 nitrogen and oxygen atoms in total. The zero-order chi connectivity index (χ0) is 14.8. The highest BCUT2D eigenvalue weighted by Gasteiger charge is 2.37. The first-order valence-corrected chi connectivity index (χ1v) is 6.72. The number of rotatable bonds is 4. The highest BCUT2D eigenvalue weighted by molar-refractivity contribution is 5.95. The molecule has 0 bridgehead atoms. The first-order chi connectivity index (χ1) is 9.40. The van der Waals surface area contributed by atoms with E-state index in [1.807, 2.05) is 0 Å². The van der Waals surface area contributed by atoms with Gasteiger partial charge in [0, 0.05) is 5.56 Å². The third-order valence-electron chi connectivity index (χ3n) is 3.73. The molecular weight excluding hydrogens is 261 g/mol. The van der Waals surface area contributed by atoms with Crippen molar-refractivity contribution in [1.29, 1.82) is 0 Å². The van der Waals surface area contributed by atoms with Crippen molar-refractivity contribution in [3.63, 3.8) is 0 Å². The minimum Gasteiger partial charge on any atom is -0.481 e. The molecule has 20 heavy (non-hydrogen) atoms. The van der Waals surface area contributed by atoms with Gasteiger partial charge in [-0.2, -0.15) is 0 Å². The van der Waals surface area contributed by atoms with Crippen LogP contribution in [0.4, 0.5) is 4.39 Å². The molecule has 2 N–H and O–H groups in total. The molecule has 0 saturated heterocycles. The van der Waals surface area contributed by atoms with Crippen LogP contribution < -0.4 is 5.32 Å². The Morgan fingerprint density at radius 1 is 1.30 bits per heavy atom. The highest BCUT2D eigenvalue weighted by atomic mass is 19.1. The van der Waals surface area contributed by atoms with Crippen molar-refractivity contribution >= 4 is 11.9 Å². The van der Waals surface area contributed by atoms with Crippen molar-refractivity contribution < 1.29 is 19.1 Å². The summed E-state index contributed by atoms with van der Waals surface area (Å²) in [6, 6.07) is 4.12. The number of benzene rings is 1. The summed E-state index contributed by atoms with van der Waals surface area (Å²) in [7, 11) is 0. The predicted octanol–water partition coefficient (Wildman–Crippen LogP) is 2.65. The number of nitrogens with one attached hydrogen (secondary N) is 1. The molecule has 0 radical (unpaired) electrons. The summed E-state index contributed by atoms with van der Waals surface area (Å²) in [5, 5.41) is 11.8. The van der Waals surface area contributed by atoms with E-state index in [1.165, 1.54) is 12.1 Å². The van der Waals surface area contributed by atoms with E-state index in [9.17, 15) is 14.0 Å². The Kier molecular flexibility index (Phi) is 4.06. The summed E-state index contributed by atoms with van der Waals surface area (Å²) < 4.78 is 13.3. The van der Waals surface area contributed by atoms with Gasteiger partial charge in [-0.1, -0.05) is 12.8 Å². The monoisotopic (exact) mass is 279 g/mol. The van der Waals surface area contributed by atoms with E-state index in [-0.39, 0.29) is 12.0 Å². The van der Waals surface area contributed by atoms with Crippen molar-refractivity contribution in [2.75, 3.05) is 0 Å². The zero-order valence-electron chi connectivity index (χ0n) is 11.4. The van der Waals surface area contributed by atoms with Crippen LogP contribution in [0.5, 0.6) is 0 Å². The molecule has 0 heterocycles. The normalized spacial score (nSPS) is 16.9. The smallest absolute Gasteiger partial charge is 0.305 e. The SMILES string of the molecule is Cc1cc(F)cc(C(=O)NC2(CC(=O)O)CCCC2)c1. The Morgan fingerprint density at radius 3 is 2.50 bits per heavy atom. The summed E-state index contributed by atoms with van der Waals surface area (Å²) in [6.45, 7) is 1.71. The minimum atomic E-state index is -0.928. The second kappa shape index (κ2) is 5.61. The Hall–Kier alpha value is -1.91. The molecule has 1 fully saturated rings. The molecule has 1 aliphatic carbocycles. The Balaban J connectivity index is 2.18. The van der Waals surface area contributed by atoms with Gasteiger partial charge in [0.05, 0.1) is 12.0 Å². The van der Waals surface area contributed by atoms with Crippen molar-refractivity contribution in [2.24, 2.45) is 0 Å². The molecule has 0 aromatic heterocycles. The molecule has 0 aliphatic heterocycles. The standard InChI is InChI=1S/C15H18FNO3/c1-10-6-11(8-12(16)7-10)14(20)17-15(9-13(18)19)4-2-3-5-15/h6-8H,2-5,9H2,1H3,(H,17,20)(H,18,19). The Bertz CT molecular complexity index is 516. The molecule has 0 atom stereocenters. The first-order valence-electron chi connectivity index (χ1n) is 6.72. The summed E-state index contributed by atoms with van der Waals surface area (Å²) in [6.07, 6.45) is 3.01. The number of carbonyl (C=O) groups is 2. The molecule has 1 aromatic rings. The molecule has 1 saturated carbocycles. The maximum atomic E-state index is 13.3. The van der Waals surface area contributed by atoms with Crippen LogP contribution in [0, 0.1) is 12.7 Å². The lowest BCUT2D eigenvalue weighted by Gasteiger charge is -2.28. The minimum absolute atomic E-state index is 0.0902. The van der Waals surface area contributed by atoms with Crippen LogP contribution in [-0.2, 0) is 4.79 Å². The van der Waals surface area contributed by atoms with Crippen molar-refractivity contribution in [3.05, 3.63) is 35.1 Å². The van der Waals surface area contributed by atoms with Gasteiger partial charge in [0.1, 0.15) is 5.82 Å². The Morgan fingerprint density at radius 2 is 1.95 bits per heavy atom. The lowest BCUT2D eigenvalue weighted by atomic mass is 9.92. The van der Waals surface area contributed by atoms with E-state index in [0.717, 1.165) is 12.8 Å². The molecule has 0 spiro atoms. The largest absolute Gasteiger partial charge is 0.481 e. The lowest BCUT2D eigenvalue weighted by Crippen LogP contribution is -2.47. The van der Waals surface area contributed by atoms with E-state index >= 15 is 0 Å². The van der Waals surface area contributed by atoms with Gasteiger partial charge in [-0.3, -0.25) is 9.59 Å². The van der Waals surface area contributed by atoms with E-state index < -0.39 is 23.2 Å². The maximum Gasteiger partial charge on any atom is 0.305 e. The number of hydrogen-bond acceptors (Lipinski definition) is 2. The van der Waals surface area contributed by atoms with Crippen molar-refractivity contribution in [3.8, 4) is 0 Å². The van der Waals surface area contributed by atoms with Crippen LogP contribution in [0.3, 0.4) is 0 Å². The first kappa shape index (κ1) is 14.5. The molecule has 2 rings (SSSR count). The van der Waals surface area contributed by atoms with E-state index in [4.69, 9.17) is 5.11 Å². The summed E-state index contributed by atoms with van der Waals surface area (Å²) in [5.41, 5.74) is 0.205. The zero-order valence-corrected chi connectivity index (χ0v) is 11.4. The van der Waals surface area contributed by atoms with Crippen LogP contribution >= 0.6 is 0 Å². The van der Waals surface area contributed by atoms with Gasteiger partial charge in [-0.25, -0.2) is 4.39 Å². The van der Waals surface area contributed by atoms with Gasteiger partial charge in [-0.15, -0.1) is 0 Å². The second-order valence-electron chi connectivity index (χ2n) is 5.53. The summed E-state index contributed by atoms with van der Waals surface area (Å²) >= 11 is 0. The van der Waals surface area contributed by atoms with E-state index in [1.54, 1.807) is 13.0 Å². The second-order valence-corrected chi connectivity index (χ2v) is 5.53. The molecule has 1 aromatic carbocycles. The number of aryl methyl sites for hydroxylation is 1. The fourth-order valence-corrected chi connectivity index (χ4v) is 2.87. The van der Waals surface area contributed by atoms with Crippen LogP contribution in [0.25, 0.3) is 0 Å². The summed E-state index contributed by atoms with van der Waals surface area (Å²) in [5.74, 6) is -1.80. The summed E-state index contributed by atoms with van der Waals surface area (Å²) in [4.78, 5) is 23.2. The van der Waals surface area contributed by atoms with Crippen LogP contribution in [0.1, 0.15) is 48.0 Å². The number of halogens is 1. The topological polar surface area (TPSA) is 66.4 Å². The van der Waals surface area contributed by atoms with E-state index in [0.29, 0.717) is 18.4 Å². The van der Waals surface area contributed by atoms with Crippen LogP contribution in [0.15, 0.2) is 18.2 Å². The molecule has 0 unspecified atom stereocenters. The molecule has 5 heteroatoms. The van der Waals surface area contributed by atoms with Gasteiger partial charge < -0.3 is 10.4 Å². The fourth-order valence-electron chi connectivity index (χ4n) is 2.87. The maximum absolute atomic E-state index is 13.3. The number of carbonyl (C=O) groups excluding carboxylic acids is 1. The molecular formula is C15H18FNO3. The molecule has 1 amide bonds. The van der Waals surface area contributed by atoms with Gasteiger partial charge in [0.25, 0.3) is 5.91 Å². The number of carboxylic acids is 1. The van der Waals surface area contributed by atoms with Crippen molar-refractivity contribution in [2.45, 2.75) is 44.6 Å². The highest BCUT2D eigenvalue weighted by Crippen LogP contribution is 2.33. The number of hydrogen-bond donors (Lipinski definition) is 2. The number of carboxylic acid groups (broad SMARTS) is 1. The van der Waals surface area contributed by atoms with E-state index in [2.05, 4.69) is 5.32 Å². The van der Waals surface area contributed by atoms with Crippen molar-refractivity contribution in [1.82, 2.24) is 5.32 Å². The number of aliphatic carboxylic acids is 1. The fraction of sp³-hybridized carbons (Fsp3) is 0.467. The molecule has 108 valence electrons. The van der Waals surface area contributed by atoms with Gasteiger partial charge in [0.2, 0.25) is 0 Å².